The predicted molar refractivity (Wildman–Crippen MR) is 104 cm³/mol. The van der Waals surface area contributed by atoms with Gasteiger partial charge in [-0.15, -0.1) is 0 Å². The number of anilines is 2. The molecular formula is C20H19FN4O4. The monoisotopic (exact) mass is 398 g/mol. The van der Waals surface area contributed by atoms with Crippen LogP contribution in [0.25, 0.3) is 0 Å². The molecule has 3 rings (SSSR count). The minimum absolute atomic E-state index is 0.310. The van der Waals surface area contributed by atoms with Crippen molar-refractivity contribution in [3.63, 3.8) is 0 Å². The van der Waals surface area contributed by atoms with Gasteiger partial charge in [-0.3, -0.25) is 24.2 Å². The number of rotatable bonds is 5. The van der Waals surface area contributed by atoms with E-state index in [9.17, 15) is 23.6 Å². The average molecular weight is 398 g/mol. The smallest absolute Gasteiger partial charge is 0.332 e. The molecule has 0 aliphatic carbocycles. The summed E-state index contributed by atoms with van der Waals surface area (Å²) in [6.45, 7) is 1.05. The molecule has 0 saturated carbocycles. The lowest BCUT2D eigenvalue weighted by atomic mass is 10.2. The second-order valence-electron chi connectivity index (χ2n) is 6.44. The number of urea groups is 1. The molecule has 9 heteroatoms. The van der Waals surface area contributed by atoms with Crippen LogP contribution in [-0.2, 0) is 9.59 Å². The standard InChI is InChI=1S/C20H19FN4O4/c1-12-19(28)24(20(29)25(12)16-8-6-14(21)7-9-16)11-17(26)23-15-5-3-4-13(10-15)18(27)22-2/h3-10,12H,11H2,1-2H3,(H,22,27)(H,23,26)/t12-/m0/s1. The molecule has 1 aliphatic rings. The van der Waals surface area contributed by atoms with Crippen molar-refractivity contribution in [1.82, 2.24) is 10.2 Å². The number of carbonyl (C=O) groups excluding carboxylic acids is 4. The number of halogens is 1. The van der Waals surface area contributed by atoms with Gasteiger partial charge in [0.1, 0.15) is 18.4 Å². The van der Waals surface area contributed by atoms with E-state index in [1.165, 1.54) is 49.2 Å². The number of imide groups is 1. The molecule has 1 atom stereocenters. The number of carbonyl (C=O) groups is 4. The van der Waals surface area contributed by atoms with Gasteiger partial charge in [0.15, 0.2) is 0 Å². The average Bonchev–Trinajstić information content (AvgIpc) is 2.91. The molecule has 150 valence electrons. The van der Waals surface area contributed by atoms with Gasteiger partial charge in [0, 0.05) is 24.0 Å². The first-order chi connectivity index (χ1) is 13.8. The highest BCUT2D eigenvalue weighted by Crippen LogP contribution is 2.26. The Morgan fingerprint density at radius 2 is 1.79 bits per heavy atom. The summed E-state index contributed by atoms with van der Waals surface area (Å²) in [6.07, 6.45) is 0. The van der Waals surface area contributed by atoms with Gasteiger partial charge < -0.3 is 10.6 Å². The topological polar surface area (TPSA) is 98.8 Å². The lowest BCUT2D eigenvalue weighted by Gasteiger charge is -2.19. The third kappa shape index (κ3) is 4.08. The molecule has 0 unspecified atom stereocenters. The molecule has 1 saturated heterocycles. The molecule has 29 heavy (non-hydrogen) atoms. The molecule has 8 nitrogen and oxygen atoms in total. The first kappa shape index (κ1) is 20.0. The number of hydrogen-bond acceptors (Lipinski definition) is 4. The van der Waals surface area contributed by atoms with Gasteiger partial charge in [-0.2, -0.15) is 0 Å². The highest BCUT2D eigenvalue weighted by molar-refractivity contribution is 6.16. The van der Waals surface area contributed by atoms with E-state index >= 15 is 0 Å². The van der Waals surface area contributed by atoms with Crippen molar-refractivity contribution in [2.75, 3.05) is 23.8 Å². The number of nitrogens with zero attached hydrogens (tertiary/aromatic N) is 2. The molecule has 1 aliphatic heterocycles. The van der Waals surface area contributed by atoms with Gasteiger partial charge in [-0.1, -0.05) is 6.07 Å². The summed E-state index contributed by atoms with van der Waals surface area (Å²) in [7, 11) is 1.49. The van der Waals surface area contributed by atoms with Crippen molar-refractivity contribution < 1.29 is 23.6 Å². The van der Waals surface area contributed by atoms with Crippen LogP contribution in [0.15, 0.2) is 48.5 Å². The Hall–Kier alpha value is -3.75. The van der Waals surface area contributed by atoms with Crippen molar-refractivity contribution in [2.45, 2.75) is 13.0 Å². The number of hydrogen-bond donors (Lipinski definition) is 2. The summed E-state index contributed by atoms with van der Waals surface area (Å²) in [4.78, 5) is 51.3. The molecule has 1 heterocycles. The van der Waals surface area contributed by atoms with Gasteiger partial charge in [0.2, 0.25) is 5.91 Å². The quantitative estimate of drug-likeness (QED) is 0.753. The third-order valence-corrected chi connectivity index (χ3v) is 4.49. The summed E-state index contributed by atoms with van der Waals surface area (Å²) in [5.41, 5.74) is 1.08. The fourth-order valence-corrected chi connectivity index (χ4v) is 3.03. The van der Waals surface area contributed by atoms with Crippen molar-refractivity contribution in [3.8, 4) is 0 Å². The van der Waals surface area contributed by atoms with Crippen LogP contribution < -0.4 is 15.5 Å². The number of nitrogens with one attached hydrogen (secondary N) is 2. The van der Waals surface area contributed by atoms with Crippen LogP contribution >= 0.6 is 0 Å². The molecule has 0 aromatic heterocycles. The zero-order valence-electron chi connectivity index (χ0n) is 15.8. The van der Waals surface area contributed by atoms with Gasteiger partial charge >= 0.3 is 6.03 Å². The summed E-state index contributed by atoms with van der Waals surface area (Å²) >= 11 is 0. The van der Waals surface area contributed by atoms with E-state index in [4.69, 9.17) is 0 Å². The summed E-state index contributed by atoms with van der Waals surface area (Å²) in [6, 6.07) is 9.94. The minimum atomic E-state index is -0.822. The van der Waals surface area contributed by atoms with E-state index in [-0.39, 0.29) is 5.91 Å². The maximum atomic E-state index is 13.1. The highest BCUT2D eigenvalue weighted by atomic mass is 19.1. The zero-order chi connectivity index (χ0) is 21.1. The molecule has 0 radical (unpaired) electrons. The van der Waals surface area contributed by atoms with E-state index < -0.39 is 36.2 Å². The normalized spacial score (nSPS) is 16.2. The zero-order valence-corrected chi connectivity index (χ0v) is 15.8. The summed E-state index contributed by atoms with van der Waals surface area (Å²) < 4.78 is 13.1. The number of benzene rings is 2. The summed E-state index contributed by atoms with van der Waals surface area (Å²) in [5.74, 6) is -1.90. The largest absolute Gasteiger partial charge is 0.355 e. The van der Waals surface area contributed by atoms with Crippen molar-refractivity contribution in [2.24, 2.45) is 0 Å². The molecule has 0 spiro atoms. The van der Waals surface area contributed by atoms with Crippen LogP contribution in [0.5, 0.6) is 0 Å². The Bertz CT molecular complexity index is 977. The third-order valence-electron chi connectivity index (χ3n) is 4.49. The van der Waals surface area contributed by atoms with Crippen LogP contribution in [0.4, 0.5) is 20.6 Å². The van der Waals surface area contributed by atoms with Crippen molar-refractivity contribution in [1.29, 1.82) is 0 Å². The second-order valence-corrected chi connectivity index (χ2v) is 6.44. The maximum Gasteiger partial charge on any atom is 0.332 e. The second kappa shape index (κ2) is 8.09. The molecule has 5 amide bonds. The molecular weight excluding hydrogens is 379 g/mol. The highest BCUT2D eigenvalue weighted by Gasteiger charge is 2.44. The van der Waals surface area contributed by atoms with E-state index in [1.54, 1.807) is 18.2 Å². The van der Waals surface area contributed by atoms with Crippen molar-refractivity contribution in [3.05, 3.63) is 59.9 Å². The van der Waals surface area contributed by atoms with E-state index in [1.807, 2.05) is 0 Å². The number of amides is 5. The minimum Gasteiger partial charge on any atom is -0.355 e. The predicted octanol–water partition coefficient (Wildman–Crippen LogP) is 1.98. The molecule has 2 N–H and O–H groups in total. The Kier molecular flexibility index (Phi) is 5.58. The van der Waals surface area contributed by atoms with E-state index in [0.717, 1.165) is 4.90 Å². The van der Waals surface area contributed by atoms with E-state index in [0.29, 0.717) is 16.9 Å². The van der Waals surface area contributed by atoms with Crippen molar-refractivity contribution >= 4 is 35.1 Å². The van der Waals surface area contributed by atoms with Gasteiger partial charge in [-0.25, -0.2) is 9.18 Å². The summed E-state index contributed by atoms with van der Waals surface area (Å²) in [5, 5.41) is 5.06. The van der Waals surface area contributed by atoms with E-state index in [2.05, 4.69) is 10.6 Å². The van der Waals surface area contributed by atoms with Crippen LogP contribution in [0.2, 0.25) is 0 Å². The Labute approximate surface area is 166 Å². The Morgan fingerprint density at radius 3 is 2.45 bits per heavy atom. The van der Waals surface area contributed by atoms with Gasteiger partial charge in [0.05, 0.1) is 0 Å². The van der Waals surface area contributed by atoms with Gasteiger partial charge in [-0.05, 0) is 49.4 Å². The maximum absolute atomic E-state index is 13.1. The SMILES string of the molecule is CNC(=O)c1cccc(NC(=O)CN2C(=O)[C@H](C)N(c3ccc(F)cc3)C2=O)c1. The molecule has 2 aromatic rings. The van der Waals surface area contributed by atoms with Gasteiger partial charge in [0.25, 0.3) is 11.8 Å². The Balaban J connectivity index is 1.72. The fourth-order valence-electron chi connectivity index (χ4n) is 3.03. The fraction of sp³-hybridized carbons (Fsp3) is 0.200. The lowest BCUT2D eigenvalue weighted by Crippen LogP contribution is -2.39. The molecule has 0 bridgehead atoms. The van der Waals surface area contributed by atoms with Crippen LogP contribution in [-0.4, -0.2) is 48.3 Å². The first-order valence-electron chi connectivity index (χ1n) is 8.84. The lowest BCUT2D eigenvalue weighted by molar-refractivity contribution is -0.130. The Morgan fingerprint density at radius 1 is 1.10 bits per heavy atom. The molecule has 2 aromatic carbocycles. The first-order valence-corrected chi connectivity index (χ1v) is 8.84. The molecule has 1 fully saturated rings. The van der Waals surface area contributed by atoms with Crippen LogP contribution in [0, 0.1) is 5.82 Å². The van der Waals surface area contributed by atoms with Crippen LogP contribution in [0.1, 0.15) is 17.3 Å². The van der Waals surface area contributed by atoms with Crippen LogP contribution in [0.3, 0.4) is 0 Å².